The maximum atomic E-state index is 13.5. The smallest absolute Gasteiger partial charge is 0.220 e. The van der Waals surface area contributed by atoms with Crippen molar-refractivity contribution in [3.8, 4) is 0 Å². The molecule has 1 rings (SSSR count). The molecule has 3 N–H and O–H groups in total. The molecule has 0 saturated heterocycles. The predicted molar refractivity (Wildman–Crippen MR) is 65.8 cm³/mol. The van der Waals surface area contributed by atoms with Gasteiger partial charge in [0, 0.05) is 12.0 Å². The fourth-order valence-corrected chi connectivity index (χ4v) is 1.74. The van der Waals surface area contributed by atoms with Gasteiger partial charge in [0.2, 0.25) is 5.91 Å². The van der Waals surface area contributed by atoms with Crippen LogP contribution in [0.25, 0.3) is 0 Å². The van der Waals surface area contributed by atoms with Crippen molar-refractivity contribution >= 4 is 5.91 Å². The van der Waals surface area contributed by atoms with E-state index >= 15 is 0 Å². The number of carbonyl (C=O) groups is 1. The van der Waals surface area contributed by atoms with Gasteiger partial charge in [-0.1, -0.05) is 6.07 Å². The first-order valence-electron chi connectivity index (χ1n) is 5.99. The number of hydrogen-bond donors (Lipinski definition) is 2. The van der Waals surface area contributed by atoms with Gasteiger partial charge in [-0.25, -0.2) is 8.78 Å². The Kier molecular flexibility index (Phi) is 5.71. The molecule has 1 unspecified atom stereocenters. The average molecular weight is 256 g/mol. The van der Waals surface area contributed by atoms with E-state index in [1.807, 2.05) is 0 Å². The Morgan fingerprint density at radius 1 is 1.33 bits per heavy atom. The highest BCUT2D eigenvalue weighted by molar-refractivity contribution is 5.76. The van der Waals surface area contributed by atoms with E-state index in [2.05, 4.69) is 5.32 Å². The van der Waals surface area contributed by atoms with E-state index in [0.29, 0.717) is 19.4 Å². The fourth-order valence-electron chi connectivity index (χ4n) is 1.74. The molecule has 1 atom stereocenters. The zero-order valence-electron chi connectivity index (χ0n) is 10.4. The van der Waals surface area contributed by atoms with E-state index in [9.17, 15) is 13.6 Å². The van der Waals surface area contributed by atoms with Crippen LogP contribution in [0, 0.1) is 11.6 Å². The van der Waals surface area contributed by atoms with Gasteiger partial charge in [-0.3, -0.25) is 4.79 Å². The van der Waals surface area contributed by atoms with Crippen molar-refractivity contribution in [3.63, 3.8) is 0 Å². The van der Waals surface area contributed by atoms with E-state index in [0.717, 1.165) is 6.42 Å². The topological polar surface area (TPSA) is 55.1 Å². The molecule has 3 nitrogen and oxygen atoms in total. The molecule has 1 aromatic carbocycles. The maximum Gasteiger partial charge on any atom is 0.220 e. The average Bonchev–Trinajstić information content (AvgIpc) is 2.29. The number of amides is 1. The largest absolute Gasteiger partial charge is 0.349 e. The molecule has 0 aliphatic heterocycles. The first-order chi connectivity index (χ1) is 8.56. The Bertz CT molecular complexity index is 390. The minimum atomic E-state index is -0.684. The molecular formula is C13H18F2N2O. The second-order valence-electron chi connectivity index (χ2n) is 4.17. The Morgan fingerprint density at radius 3 is 2.50 bits per heavy atom. The van der Waals surface area contributed by atoms with Gasteiger partial charge in [0.25, 0.3) is 0 Å². The van der Waals surface area contributed by atoms with Crippen molar-refractivity contribution in [2.45, 2.75) is 32.2 Å². The molecule has 0 saturated carbocycles. The lowest BCUT2D eigenvalue weighted by atomic mass is 10.1. The van der Waals surface area contributed by atoms with E-state index in [1.54, 1.807) is 6.92 Å². The van der Waals surface area contributed by atoms with Gasteiger partial charge >= 0.3 is 0 Å². The van der Waals surface area contributed by atoms with E-state index in [4.69, 9.17) is 5.73 Å². The number of hydrogen-bond acceptors (Lipinski definition) is 2. The molecular weight excluding hydrogens is 238 g/mol. The Morgan fingerprint density at radius 2 is 1.94 bits per heavy atom. The third-order valence-corrected chi connectivity index (χ3v) is 2.67. The lowest BCUT2D eigenvalue weighted by Crippen LogP contribution is -2.27. The molecule has 0 aromatic heterocycles. The van der Waals surface area contributed by atoms with Gasteiger partial charge < -0.3 is 11.1 Å². The molecule has 0 aliphatic rings. The number of halogens is 2. The highest BCUT2D eigenvalue weighted by Gasteiger charge is 2.17. The molecule has 100 valence electrons. The van der Waals surface area contributed by atoms with Crippen LogP contribution in [0.5, 0.6) is 0 Å². The summed E-state index contributed by atoms with van der Waals surface area (Å²) < 4.78 is 26.9. The normalized spacial score (nSPS) is 12.2. The number of unbranched alkanes of at least 4 members (excludes halogenated alkanes) is 1. The van der Waals surface area contributed by atoms with Crippen LogP contribution < -0.4 is 11.1 Å². The summed E-state index contributed by atoms with van der Waals surface area (Å²) in [5.74, 6) is -1.52. The van der Waals surface area contributed by atoms with Crippen molar-refractivity contribution in [1.82, 2.24) is 5.32 Å². The second-order valence-corrected chi connectivity index (χ2v) is 4.17. The summed E-state index contributed by atoms with van der Waals surface area (Å²) in [5.41, 5.74) is 5.21. The standard InChI is InChI=1S/C13H18F2N2O/c1-9(17-12(18)7-2-3-8-16)13-10(14)5-4-6-11(13)15/h4-6,9H,2-3,7-8,16H2,1H3,(H,17,18). The van der Waals surface area contributed by atoms with Crippen molar-refractivity contribution in [2.75, 3.05) is 6.54 Å². The summed E-state index contributed by atoms with van der Waals surface area (Å²) in [6, 6.07) is 2.96. The third kappa shape index (κ3) is 4.07. The molecule has 0 spiro atoms. The van der Waals surface area contributed by atoms with Crippen LogP contribution in [0.15, 0.2) is 18.2 Å². The van der Waals surface area contributed by atoms with Gasteiger partial charge in [0.15, 0.2) is 0 Å². The number of rotatable bonds is 6. The molecule has 18 heavy (non-hydrogen) atoms. The van der Waals surface area contributed by atoms with Gasteiger partial charge in [-0.2, -0.15) is 0 Å². The van der Waals surface area contributed by atoms with E-state index in [-0.39, 0.29) is 11.5 Å². The summed E-state index contributed by atoms with van der Waals surface area (Å²) >= 11 is 0. The Balaban J connectivity index is 2.59. The van der Waals surface area contributed by atoms with Gasteiger partial charge in [-0.15, -0.1) is 0 Å². The van der Waals surface area contributed by atoms with Gasteiger partial charge in [0.05, 0.1) is 6.04 Å². The zero-order chi connectivity index (χ0) is 13.5. The van der Waals surface area contributed by atoms with E-state index < -0.39 is 17.7 Å². The molecule has 0 heterocycles. The van der Waals surface area contributed by atoms with Crippen LogP contribution in [0.2, 0.25) is 0 Å². The summed E-state index contributed by atoms with van der Waals surface area (Å²) in [7, 11) is 0. The lowest BCUT2D eigenvalue weighted by Gasteiger charge is -2.15. The SMILES string of the molecule is CC(NC(=O)CCCCN)c1c(F)cccc1F. The van der Waals surface area contributed by atoms with E-state index in [1.165, 1.54) is 18.2 Å². The van der Waals surface area contributed by atoms with Crippen LogP contribution in [0.4, 0.5) is 8.78 Å². The Hall–Kier alpha value is -1.49. The minimum absolute atomic E-state index is 0.107. The highest BCUT2D eigenvalue weighted by atomic mass is 19.1. The first-order valence-corrected chi connectivity index (χ1v) is 5.99. The molecule has 0 bridgehead atoms. The molecule has 5 heteroatoms. The summed E-state index contributed by atoms with van der Waals surface area (Å²) in [4.78, 5) is 11.5. The van der Waals surface area contributed by atoms with Crippen molar-refractivity contribution < 1.29 is 13.6 Å². The lowest BCUT2D eigenvalue weighted by molar-refractivity contribution is -0.121. The highest BCUT2D eigenvalue weighted by Crippen LogP contribution is 2.20. The third-order valence-electron chi connectivity index (χ3n) is 2.67. The Labute approximate surface area is 105 Å². The number of nitrogens with two attached hydrogens (primary N) is 1. The van der Waals surface area contributed by atoms with Crippen LogP contribution in [0.3, 0.4) is 0 Å². The summed E-state index contributed by atoms with van der Waals surface area (Å²) in [5, 5.41) is 2.58. The number of benzene rings is 1. The molecule has 1 aromatic rings. The van der Waals surface area contributed by atoms with Crippen LogP contribution >= 0.6 is 0 Å². The van der Waals surface area contributed by atoms with Gasteiger partial charge in [-0.05, 0) is 38.4 Å². The molecule has 0 radical (unpaired) electrons. The maximum absolute atomic E-state index is 13.5. The van der Waals surface area contributed by atoms with Crippen LogP contribution in [-0.4, -0.2) is 12.5 Å². The number of nitrogens with one attached hydrogen (secondary N) is 1. The minimum Gasteiger partial charge on any atom is -0.349 e. The molecule has 0 fully saturated rings. The van der Waals surface area contributed by atoms with Crippen molar-refractivity contribution in [2.24, 2.45) is 5.73 Å². The zero-order valence-corrected chi connectivity index (χ0v) is 10.4. The van der Waals surface area contributed by atoms with Crippen molar-refractivity contribution in [3.05, 3.63) is 35.4 Å². The van der Waals surface area contributed by atoms with Crippen molar-refractivity contribution in [1.29, 1.82) is 0 Å². The van der Waals surface area contributed by atoms with Gasteiger partial charge in [0.1, 0.15) is 11.6 Å². The molecule has 1 amide bonds. The first kappa shape index (κ1) is 14.6. The molecule has 0 aliphatic carbocycles. The second kappa shape index (κ2) is 7.06. The fraction of sp³-hybridized carbons (Fsp3) is 0.462. The van der Waals surface area contributed by atoms with Crippen LogP contribution in [-0.2, 0) is 4.79 Å². The predicted octanol–water partition coefficient (Wildman–Crippen LogP) is 2.27. The number of carbonyl (C=O) groups excluding carboxylic acids is 1. The quantitative estimate of drug-likeness (QED) is 0.767. The van der Waals surface area contributed by atoms with Crippen LogP contribution in [0.1, 0.15) is 37.8 Å². The summed E-state index contributed by atoms with van der Waals surface area (Å²) in [6.07, 6.45) is 1.75. The summed E-state index contributed by atoms with van der Waals surface area (Å²) in [6.45, 7) is 2.09. The monoisotopic (exact) mass is 256 g/mol.